The van der Waals surface area contributed by atoms with Crippen molar-refractivity contribution in [2.45, 2.75) is 45.4 Å². The first-order valence-corrected chi connectivity index (χ1v) is 7.21. The fourth-order valence-electron chi connectivity index (χ4n) is 3.02. The lowest BCUT2D eigenvalue weighted by Crippen LogP contribution is -2.12. The topological polar surface area (TPSA) is 30.7 Å². The van der Waals surface area contributed by atoms with Crippen LogP contribution in [0.5, 0.6) is 0 Å². The van der Waals surface area contributed by atoms with E-state index >= 15 is 0 Å². The predicted molar refractivity (Wildman–Crippen MR) is 76.3 cm³/mol. The van der Waals surface area contributed by atoms with Crippen molar-refractivity contribution in [3.63, 3.8) is 0 Å². The minimum atomic E-state index is 0.550. The predicted octanol–water partition coefficient (Wildman–Crippen LogP) is 3.78. The normalized spacial score (nSPS) is 17.7. The van der Waals surface area contributed by atoms with Crippen LogP contribution >= 0.6 is 0 Å². The quantitative estimate of drug-likeness (QED) is 0.832. The molecular weight excluding hydrogens is 234 g/mol. The maximum Gasteiger partial charge on any atom is 0.153 e. The summed E-state index contributed by atoms with van der Waals surface area (Å²) in [6, 6.07) is 8.01. The standard InChI is InChI=1S/C16H21N3/c1-16(9-3-4-10-16)11-7-14-8-13-19(18-14)15-6-2-5-12-17-15/h2,5-6,8,12-13H,3-4,7,9-11H2,1H3. The van der Waals surface area contributed by atoms with Gasteiger partial charge in [0.05, 0.1) is 5.69 Å². The Morgan fingerprint density at radius 1 is 1.21 bits per heavy atom. The first-order chi connectivity index (χ1) is 9.25. The van der Waals surface area contributed by atoms with Gasteiger partial charge in [-0.25, -0.2) is 9.67 Å². The van der Waals surface area contributed by atoms with E-state index in [4.69, 9.17) is 0 Å². The van der Waals surface area contributed by atoms with E-state index in [1.165, 1.54) is 37.8 Å². The zero-order valence-corrected chi connectivity index (χ0v) is 11.5. The summed E-state index contributed by atoms with van der Waals surface area (Å²) >= 11 is 0. The molecule has 3 heteroatoms. The molecular formula is C16H21N3. The van der Waals surface area contributed by atoms with Gasteiger partial charge in [0.15, 0.2) is 5.82 Å². The lowest BCUT2D eigenvalue weighted by atomic mass is 9.83. The number of aryl methyl sites for hydroxylation is 1. The Morgan fingerprint density at radius 2 is 2.05 bits per heavy atom. The second-order valence-corrected chi connectivity index (χ2v) is 5.96. The summed E-state index contributed by atoms with van der Waals surface area (Å²) in [7, 11) is 0. The fourth-order valence-corrected chi connectivity index (χ4v) is 3.02. The molecule has 0 aromatic carbocycles. The molecule has 1 saturated carbocycles. The van der Waals surface area contributed by atoms with E-state index in [1.807, 2.05) is 29.1 Å². The monoisotopic (exact) mass is 255 g/mol. The van der Waals surface area contributed by atoms with Gasteiger partial charge in [-0.15, -0.1) is 0 Å². The second kappa shape index (κ2) is 5.16. The number of aromatic nitrogens is 3. The molecule has 0 bridgehead atoms. The summed E-state index contributed by atoms with van der Waals surface area (Å²) in [6.07, 6.45) is 11.7. The van der Waals surface area contributed by atoms with Crippen LogP contribution in [0, 0.1) is 5.41 Å². The van der Waals surface area contributed by atoms with Crippen molar-refractivity contribution in [3.8, 4) is 5.82 Å². The number of hydrogen-bond acceptors (Lipinski definition) is 2. The third-order valence-corrected chi connectivity index (χ3v) is 4.32. The van der Waals surface area contributed by atoms with E-state index in [1.54, 1.807) is 6.20 Å². The van der Waals surface area contributed by atoms with Gasteiger partial charge in [-0.2, -0.15) is 5.10 Å². The first kappa shape index (κ1) is 12.4. The average Bonchev–Trinajstić information content (AvgIpc) is 3.07. The van der Waals surface area contributed by atoms with Gasteiger partial charge in [0.25, 0.3) is 0 Å². The van der Waals surface area contributed by atoms with Gasteiger partial charge in [0.2, 0.25) is 0 Å². The van der Waals surface area contributed by atoms with E-state index in [-0.39, 0.29) is 0 Å². The molecule has 1 aliphatic carbocycles. The molecule has 0 saturated heterocycles. The van der Waals surface area contributed by atoms with Gasteiger partial charge >= 0.3 is 0 Å². The van der Waals surface area contributed by atoms with Gasteiger partial charge in [-0.05, 0) is 49.3 Å². The smallest absolute Gasteiger partial charge is 0.153 e. The van der Waals surface area contributed by atoms with Crippen LogP contribution in [0.1, 0.15) is 44.7 Å². The number of nitrogens with zero attached hydrogens (tertiary/aromatic N) is 3. The minimum Gasteiger partial charge on any atom is -0.237 e. The van der Waals surface area contributed by atoms with Crippen molar-refractivity contribution in [2.75, 3.05) is 0 Å². The fraction of sp³-hybridized carbons (Fsp3) is 0.500. The maximum atomic E-state index is 4.63. The van der Waals surface area contributed by atoms with Crippen LogP contribution in [-0.2, 0) is 6.42 Å². The molecule has 0 aliphatic heterocycles. The van der Waals surface area contributed by atoms with Gasteiger partial charge in [-0.1, -0.05) is 25.8 Å². The van der Waals surface area contributed by atoms with Gasteiger partial charge in [0.1, 0.15) is 0 Å². The van der Waals surface area contributed by atoms with Crippen LogP contribution in [0.2, 0.25) is 0 Å². The number of hydrogen-bond donors (Lipinski definition) is 0. The Labute approximate surface area is 114 Å². The average molecular weight is 255 g/mol. The maximum absolute atomic E-state index is 4.63. The SMILES string of the molecule is CC1(CCc2ccn(-c3ccccn3)n2)CCCC1. The third-order valence-electron chi connectivity index (χ3n) is 4.32. The van der Waals surface area contributed by atoms with Crippen LogP contribution in [0.25, 0.3) is 5.82 Å². The molecule has 0 spiro atoms. The van der Waals surface area contributed by atoms with Crippen molar-refractivity contribution >= 4 is 0 Å². The lowest BCUT2D eigenvalue weighted by molar-refractivity contribution is 0.307. The highest BCUT2D eigenvalue weighted by Crippen LogP contribution is 2.41. The minimum absolute atomic E-state index is 0.550. The summed E-state index contributed by atoms with van der Waals surface area (Å²) in [5.41, 5.74) is 1.73. The zero-order valence-electron chi connectivity index (χ0n) is 11.5. The Morgan fingerprint density at radius 3 is 2.79 bits per heavy atom. The van der Waals surface area contributed by atoms with Crippen molar-refractivity contribution < 1.29 is 0 Å². The van der Waals surface area contributed by atoms with Gasteiger partial charge in [0, 0.05) is 12.4 Å². The molecule has 100 valence electrons. The molecule has 0 N–H and O–H groups in total. The molecule has 19 heavy (non-hydrogen) atoms. The van der Waals surface area contributed by atoms with Crippen LogP contribution in [0.3, 0.4) is 0 Å². The summed E-state index contributed by atoms with van der Waals surface area (Å²) in [5.74, 6) is 0.890. The Hall–Kier alpha value is -1.64. The summed E-state index contributed by atoms with van der Waals surface area (Å²) in [4.78, 5) is 4.31. The molecule has 3 rings (SSSR count). The van der Waals surface area contributed by atoms with Crippen LogP contribution < -0.4 is 0 Å². The van der Waals surface area contributed by atoms with Crippen LogP contribution in [0.4, 0.5) is 0 Å². The summed E-state index contributed by atoms with van der Waals surface area (Å²) < 4.78 is 1.87. The Balaban J connectivity index is 1.65. The van der Waals surface area contributed by atoms with Crippen LogP contribution in [0.15, 0.2) is 36.7 Å². The van der Waals surface area contributed by atoms with E-state index in [0.29, 0.717) is 5.41 Å². The molecule has 1 aliphatic rings. The third kappa shape index (κ3) is 2.86. The number of pyridine rings is 1. The Bertz CT molecular complexity index is 524. The van der Waals surface area contributed by atoms with Crippen molar-refractivity contribution in [3.05, 3.63) is 42.4 Å². The molecule has 2 aromatic rings. The molecule has 1 fully saturated rings. The first-order valence-electron chi connectivity index (χ1n) is 7.21. The second-order valence-electron chi connectivity index (χ2n) is 5.96. The largest absolute Gasteiger partial charge is 0.237 e. The van der Waals surface area contributed by atoms with Crippen LogP contribution in [-0.4, -0.2) is 14.8 Å². The molecule has 0 atom stereocenters. The van der Waals surface area contributed by atoms with E-state index in [0.717, 1.165) is 12.2 Å². The number of rotatable bonds is 4. The van der Waals surface area contributed by atoms with Gasteiger partial charge in [-0.3, -0.25) is 0 Å². The lowest BCUT2D eigenvalue weighted by Gasteiger charge is -2.22. The molecule has 0 amide bonds. The summed E-state index contributed by atoms with van der Waals surface area (Å²) in [6.45, 7) is 2.43. The molecule has 2 heterocycles. The van der Waals surface area contributed by atoms with Crippen molar-refractivity contribution in [1.29, 1.82) is 0 Å². The van der Waals surface area contributed by atoms with E-state index < -0.39 is 0 Å². The van der Waals surface area contributed by atoms with E-state index in [2.05, 4.69) is 23.1 Å². The zero-order chi connectivity index (χ0) is 13.1. The van der Waals surface area contributed by atoms with Crippen molar-refractivity contribution in [1.82, 2.24) is 14.8 Å². The molecule has 0 radical (unpaired) electrons. The van der Waals surface area contributed by atoms with E-state index in [9.17, 15) is 0 Å². The van der Waals surface area contributed by atoms with Gasteiger partial charge < -0.3 is 0 Å². The molecule has 0 unspecified atom stereocenters. The Kier molecular flexibility index (Phi) is 3.36. The summed E-state index contributed by atoms with van der Waals surface area (Å²) in [5, 5.41) is 4.63. The highest BCUT2D eigenvalue weighted by molar-refractivity contribution is 5.21. The molecule has 2 aromatic heterocycles. The van der Waals surface area contributed by atoms with Crippen molar-refractivity contribution in [2.24, 2.45) is 5.41 Å². The molecule has 3 nitrogen and oxygen atoms in total. The highest BCUT2D eigenvalue weighted by Gasteiger charge is 2.28. The highest BCUT2D eigenvalue weighted by atomic mass is 15.3.